The zero-order valence-electron chi connectivity index (χ0n) is 13.5. The molecule has 1 fully saturated rings. The molecule has 1 saturated heterocycles. The molecule has 1 aliphatic rings. The monoisotopic (exact) mass is 324 g/mol. The summed E-state index contributed by atoms with van der Waals surface area (Å²) in [6, 6.07) is 9.47. The second kappa shape index (κ2) is 6.42. The van der Waals surface area contributed by atoms with Crippen LogP contribution in [0.5, 0.6) is 0 Å². The van der Waals surface area contributed by atoms with Gasteiger partial charge in [0.15, 0.2) is 0 Å². The van der Waals surface area contributed by atoms with E-state index in [9.17, 15) is 9.18 Å². The molecule has 0 saturated carbocycles. The van der Waals surface area contributed by atoms with Crippen molar-refractivity contribution >= 4 is 5.91 Å². The van der Waals surface area contributed by atoms with E-state index < -0.39 is 0 Å². The molecule has 4 nitrogen and oxygen atoms in total. The minimum Gasteiger partial charge on any atom is -0.376 e. The van der Waals surface area contributed by atoms with Crippen molar-refractivity contribution in [3.05, 3.63) is 65.2 Å². The van der Waals surface area contributed by atoms with Crippen molar-refractivity contribution in [1.29, 1.82) is 0 Å². The fourth-order valence-corrected chi connectivity index (χ4v) is 2.31. The van der Waals surface area contributed by atoms with Crippen molar-refractivity contribution in [3.63, 3.8) is 0 Å². The predicted octanol–water partition coefficient (Wildman–Crippen LogP) is 2.48. The molecule has 0 unspecified atom stereocenters. The first-order chi connectivity index (χ1) is 11.5. The van der Waals surface area contributed by atoms with Gasteiger partial charge in [-0.15, -0.1) is 0 Å². The highest BCUT2D eigenvalue weighted by atomic mass is 19.1. The summed E-state index contributed by atoms with van der Waals surface area (Å²) in [6.45, 7) is 3.05. The van der Waals surface area contributed by atoms with Gasteiger partial charge in [-0.3, -0.25) is 4.79 Å². The number of ether oxygens (including phenoxy) is 1. The van der Waals surface area contributed by atoms with E-state index >= 15 is 0 Å². The summed E-state index contributed by atoms with van der Waals surface area (Å²) < 4.78 is 18.3. The van der Waals surface area contributed by atoms with Gasteiger partial charge in [0.25, 0.3) is 5.91 Å². The average molecular weight is 324 g/mol. The van der Waals surface area contributed by atoms with Crippen LogP contribution in [0.3, 0.4) is 0 Å². The minimum atomic E-state index is -0.322. The van der Waals surface area contributed by atoms with Crippen molar-refractivity contribution in [2.75, 3.05) is 20.3 Å². The Morgan fingerprint density at radius 2 is 2.00 bits per heavy atom. The fourth-order valence-electron chi connectivity index (χ4n) is 2.31. The predicted molar refractivity (Wildman–Crippen MR) is 87.9 cm³/mol. The number of nitrogens with zero attached hydrogens (tertiary/aromatic N) is 2. The summed E-state index contributed by atoms with van der Waals surface area (Å²) in [6.07, 6.45) is 1.55. The number of carbonyl (C=O) groups is 1. The quantitative estimate of drug-likeness (QED) is 0.797. The normalized spacial score (nSPS) is 15.0. The van der Waals surface area contributed by atoms with Crippen LogP contribution in [-0.2, 0) is 4.74 Å². The Morgan fingerprint density at radius 1 is 1.25 bits per heavy atom. The van der Waals surface area contributed by atoms with Crippen molar-refractivity contribution < 1.29 is 13.9 Å². The fraction of sp³-hybridized carbons (Fsp3) is 0.263. The summed E-state index contributed by atoms with van der Waals surface area (Å²) in [5.74, 6) is 5.32. The number of carbonyl (C=O) groups excluding carboxylic acids is 1. The van der Waals surface area contributed by atoms with Gasteiger partial charge in [-0.2, -0.15) is 0 Å². The van der Waals surface area contributed by atoms with E-state index in [4.69, 9.17) is 4.74 Å². The Balaban J connectivity index is 1.73. The highest BCUT2D eigenvalue weighted by Crippen LogP contribution is 2.24. The van der Waals surface area contributed by atoms with Gasteiger partial charge in [0.2, 0.25) is 0 Å². The van der Waals surface area contributed by atoms with E-state index in [1.807, 2.05) is 6.92 Å². The van der Waals surface area contributed by atoms with Gasteiger partial charge in [0, 0.05) is 24.4 Å². The molecule has 122 valence electrons. The summed E-state index contributed by atoms with van der Waals surface area (Å²) in [5, 5.41) is 0. The molecule has 0 radical (unpaired) electrons. The molecule has 2 aromatic rings. The smallest absolute Gasteiger partial charge is 0.272 e. The first kappa shape index (κ1) is 16.2. The third-order valence-corrected chi connectivity index (χ3v) is 4.10. The Labute approximate surface area is 140 Å². The number of pyridine rings is 1. The lowest BCUT2D eigenvalue weighted by Crippen LogP contribution is -2.60. The highest BCUT2D eigenvalue weighted by molar-refractivity contribution is 5.92. The first-order valence-electron chi connectivity index (χ1n) is 7.57. The molecule has 0 N–H and O–H groups in total. The van der Waals surface area contributed by atoms with Gasteiger partial charge >= 0.3 is 0 Å². The molecule has 0 bridgehead atoms. The van der Waals surface area contributed by atoms with Gasteiger partial charge in [-0.1, -0.05) is 17.9 Å². The zero-order valence-corrected chi connectivity index (χ0v) is 13.5. The van der Waals surface area contributed by atoms with E-state index in [-0.39, 0.29) is 17.3 Å². The lowest BCUT2D eigenvalue weighted by Gasteiger charge is -2.45. The van der Waals surface area contributed by atoms with Crippen molar-refractivity contribution in [2.45, 2.75) is 12.5 Å². The van der Waals surface area contributed by atoms with Crippen LogP contribution in [-0.4, -0.2) is 41.6 Å². The Kier molecular flexibility index (Phi) is 4.32. The van der Waals surface area contributed by atoms with Gasteiger partial charge in [0.1, 0.15) is 11.5 Å². The number of hydrogen-bond acceptors (Lipinski definition) is 3. The van der Waals surface area contributed by atoms with E-state index in [0.29, 0.717) is 30.0 Å². The van der Waals surface area contributed by atoms with Gasteiger partial charge in [0.05, 0.1) is 18.8 Å². The summed E-state index contributed by atoms with van der Waals surface area (Å²) >= 11 is 0. The number of amides is 1. The van der Waals surface area contributed by atoms with Crippen LogP contribution in [0.15, 0.2) is 42.6 Å². The third kappa shape index (κ3) is 3.29. The van der Waals surface area contributed by atoms with Crippen molar-refractivity contribution in [3.8, 4) is 11.8 Å². The molecule has 0 aliphatic carbocycles. The maximum absolute atomic E-state index is 13.1. The second-order valence-electron chi connectivity index (χ2n) is 6.05. The summed E-state index contributed by atoms with van der Waals surface area (Å²) in [7, 11) is 1.75. The first-order valence-corrected chi connectivity index (χ1v) is 7.57. The maximum atomic E-state index is 13.1. The lowest BCUT2D eigenvalue weighted by molar-refractivity contribution is -0.108. The molecule has 1 amide bonds. The molecule has 1 aliphatic heterocycles. The zero-order chi connectivity index (χ0) is 17.2. The van der Waals surface area contributed by atoms with Crippen molar-refractivity contribution in [1.82, 2.24) is 9.88 Å². The molecule has 0 spiro atoms. The number of aromatic nitrogens is 1. The molecule has 24 heavy (non-hydrogen) atoms. The number of benzene rings is 1. The van der Waals surface area contributed by atoms with E-state index in [2.05, 4.69) is 16.8 Å². The van der Waals surface area contributed by atoms with Gasteiger partial charge in [-0.05, 0) is 37.3 Å². The van der Waals surface area contributed by atoms with Crippen LogP contribution in [0.1, 0.15) is 28.5 Å². The van der Waals surface area contributed by atoms with Crippen LogP contribution < -0.4 is 0 Å². The van der Waals surface area contributed by atoms with Gasteiger partial charge < -0.3 is 9.64 Å². The van der Waals surface area contributed by atoms with Crippen LogP contribution in [0, 0.1) is 17.7 Å². The molecule has 0 atom stereocenters. The Bertz CT molecular complexity index is 817. The number of likely N-dealkylation sites (N-methyl/N-ethyl adjacent to an activating group) is 1. The number of hydrogen-bond donors (Lipinski definition) is 0. The third-order valence-electron chi connectivity index (χ3n) is 4.10. The van der Waals surface area contributed by atoms with Crippen molar-refractivity contribution in [2.24, 2.45) is 0 Å². The Hall–Kier alpha value is -2.71. The molecule has 5 heteroatoms. The topological polar surface area (TPSA) is 42.4 Å². The molecule has 2 heterocycles. The summed E-state index contributed by atoms with van der Waals surface area (Å²) in [4.78, 5) is 18.3. The largest absolute Gasteiger partial charge is 0.376 e. The van der Waals surface area contributed by atoms with E-state index in [1.165, 1.54) is 12.1 Å². The number of rotatable bonds is 2. The molecular formula is C19H17FN2O2. The van der Waals surface area contributed by atoms with Gasteiger partial charge in [-0.25, -0.2) is 9.37 Å². The van der Waals surface area contributed by atoms with Crippen LogP contribution in [0.2, 0.25) is 0 Å². The second-order valence-corrected chi connectivity index (χ2v) is 6.05. The van der Waals surface area contributed by atoms with Crippen LogP contribution >= 0.6 is 0 Å². The van der Waals surface area contributed by atoms with E-state index in [0.717, 1.165) is 0 Å². The molecule has 3 rings (SSSR count). The molecular weight excluding hydrogens is 307 g/mol. The maximum Gasteiger partial charge on any atom is 0.272 e. The highest BCUT2D eigenvalue weighted by Gasteiger charge is 2.40. The van der Waals surface area contributed by atoms with Crippen LogP contribution in [0.25, 0.3) is 0 Å². The van der Waals surface area contributed by atoms with E-state index in [1.54, 1.807) is 42.4 Å². The lowest BCUT2D eigenvalue weighted by atomic mass is 9.98. The molecule has 1 aromatic heterocycles. The minimum absolute atomic E-state index is 0.148. The average Bonchev–Trinajstić information content (AvgIpc) is 2.57. The summed E-state index contributed by atoms with van der Waals surface area (Å²) in [5.41, 5.74) is 1.35. The molecule has 1 aromatic carbocycles. The SMILES string of the molecule is CN(C(=O)c1ccc(C#Cc2cccc(F)c2)cn1)C1(C)COC1. The van der Waals surface area contributed by atoms with Crippen LogP contribution in [0.4, 0.5) is 4.39 Å². The standard InChI is InChI=1S/C19H17FN2O2/c1-19(12-24-13-19)22(2)18(23)17-9-8-15(11-21-17)7-6-14-4-3-5-16(20)10-14/h3-5,8-11H,12-13H2,1-2H3. The number of halogens is 1. The Morgan fingerprint density at radius 3 is 2.58 bits per heavy atom.